The molecule has 0 aliphatic carbocycles. The Labute approximate surface area is 327 Å². The Morgan fingerprint density at radius 1 is 0.643 bits per heavy atom. The van der Waals surface area contributed by atoms with Crippen molar-refractivity contribution in [2.24, 2.45) is 0 Å². The molecule has 290 valence electrons. The first kappa shape index (κ1) is 38.9. The van der Waals surface area contributed by atoms with E-state index in [1.165, 1.54) is 13.2 Å². The van der Waals surface area contributed by atoms with Gasteiger partial charge in [0.1, 0.15) is 36.0 Å². The molecule has 1 saturated heterocycles. The fourth-order valence-electron chi connectivity index (χ4n) is 6.68. The normalized spacial score (nSPS) is 19.4. The Balaban J connectivity index is 1.23. The van der Waals surface area contributed by atoms with Crippen molar-refractivity contribution in [3.05, 3.63) is 184 Å². The second-order valence-corrected chi connectivity index (χ2v) is 13.7. The van der Waals surface area contributed by atoms with Crippen LogP contribution in [-0.4, -0.2) is 54.6 Å². The van der Waals surface area contributed by atoms with Crippen molar-refractivity contribution in [3.8, 4) is 11.6 Å². The highest BCUT2D eigenvalue weighted by atomic mass is 19.1. The van der Waals surface area contributed by atoms with E-state index in [1.807, 2.05) is 128 Å². The Morgan fingerprint density at radius 2 is 1.16 bits per heavy atom. The molecule has 6 aromatic rings. The molecule has 1 aliphatic heterocycles. The zero-order chi connectivity index (χ0) is 38.5. The van der Waals surface area contributed by atoms with Crippen LogP contribution in [0.1, 0.15) is 39.1 Å². The molecular formula is C46H47FN2O7. The van der Waals surface area contributed by atoms with E-state index >= 15 is 4.39 Å². The Hall–Kier alpha value is -5.36. The highest BCUT2D eigenvalue weighted by molar-refractivity contribution is 5.38. The van der Waals surface area contributed by atoms with Gasteiger partial charge in [0.25, 0.3) is 0 Å². The first-order valence-corrected chi connectivity index (χ1v) is 18.8. The molecule has 1 aromatic heterocycles. The van der Waals surface area contributed by atoms with Gasteiger partial charge in [-0.25, -0.2) is 4.39 Å². The summed E-state index contributed by atoms with van der Waals surface area (Å²) in [7, 11) is 1.51. The van der Waals surface area contributed by atoms with E-state index in [-0.39, 0.29) is 32.1 Å². The van der Waals surface area contributed by atoms with Crippen LogP contribution < -0.4 is 9.47 Å². The summed E-state index contributed by atoms with van der Waals surface area (Å²) < 4.78 is 60.8. The lowest BCUT2D eigenvalue weighted by molar-refractivity contribution is -0.310. The van der Waals surface area contributed by atoms with Gasteiger partial charge in [0.2, 0.25) is 12.2 Å². The van der Waals surface area contributed by atoms with Crippen LogP contribution in [0.25, 0.3) is 0 Å². The van der Waals surface area contributed by atoms with Crippen LogP contribution in [0, 0.1) is 12.7 Å². The van der Waals surface area contributed by atoms with E-state index in [2.05, 4.69) is 10.2 Å². The van der Waals surface area contributed by atoms with Crippen molar-refractivity contribution in [2.45, 2.75) is 70.5 Å². The summed E-state index contributed by atoms with van der Waals surface area (Å²) in [5.41, 5.74) is 5.87. The van der Waals surface area contributed by atoms with Gasteiger partial charge in [-0.15, -0.1) is 5.10 Å². The summed E-state index contributed by atoms with van der Waals surface area (Å²) >= 11 is 0. The van der Waals surface area contributed by atoms with Gasteiger partial charge < -0.3 is 33.2 Å². The monoisotopic (exact) mass is 758 g/mol. The molecule has 10 heteroatoms. The molecule has 5 aromatic carbocycles. The average Bonchev–Trinajstić information content (AvgIpc) is 3.58. The van der Waals surface area contributed by atoms with E-state index in [4.69, 9.17) is 33.2 Å². The molecule has 0 saturated carbocycles. The summed E-state index contributed by atoms with van der Waals surface area (Å²) in [5, 5.41) is 7.56. The number of rotatable bonds is 18. The number of aromatic amines is 1. The third kappa shape index (κ3) is 10.3. The average molecular weight is 759 g/mol. The number of hydrogen-bond donors (Lipinski definition) is 1. The van der Waals surface area contributed by atoms with Crippen LogP contribution in [0.5, 0.6) is 11.6 Å². The third-order valence-electron chi connectivity index (χ3n) is 9.73. The van der Waals surface area contributed by atoms with Crippen molar-refractivity contribution in [3.63, 3.8) is 0 Å². The minimum Gasteiger partial charge on any atom is -0.497 e. The fraction of sp³-hybridized carbons (Fsp3) is 0.283. The largest absolute Gasteiger partial charge is 0.497 e. The van der Waals surface area contributed by atoms with Crippen LogP contribution in [0.4, 0.5) is 4.39 Å². The molecular weight excluding hydrogens is 712 g/mol. The second-order valence-electron chi connectivity index (χ2n) is 13.7. The topological polar surface area (TPSA) is 93.3 Å². The number of benzene rings is 5. The Kier molecular flexibility index (Phi) is 13.5. The molecule has 1 N–H and O–H groups in total. The molecule has 2 heterocycles. The molecule has 1 aliphatic rings. The van der Waals surface area contributed by atoms with Crippen molar-refractivity contribution in [1.29, 1.82) is 0 Å². The molecule has 5 atom stereocenters. The number of nitrogens with zero attached hydrogens (tertiary/aromatic N) is 1. The van der Waals surface area contributed by atoms with E-state index in [0.717, 1.165) is 27.9 Å². The maximum atomic E-state index is 15.2. The number of methoxy groups -OCH3 is 1. The highest BCUT2D eigenvalue weighted by Crippen LogP contribution is 2.34. The van der Waals surface area contributed by atoms with E-state index < -0.39 is 36.5 Å². The second kappa shape index (κ2) is 19.5. The number of aromatic nitrogens is 2. The maximum absolute atomic E-state index is 15.2. The van der Waals surface area contributed by atoms with Gasteiger partial charge in [-0.2, -0.15) is 0 Å². The Bertz CT molecular complexity index is 2070. The summed E-state index contributed by atoms with van der Waals surface area (Å²) in [4.78, 5) is 0. The number of halogens is 1. The van der Waals surface area contributed by atoms with Crippen LogP contribution in [0.15, 0.2) is 140 Å². The quantitative estimate of drug-likeness (QED) is 0.0933. The van der Waals surface area contributed by atoms with E-state index in [0.29, 0.717) is 30.1 Å². The number of ether oxygens (including phenoxy) is 7. The molecule has 0 bridgehead atoms. The maximum Gasteiger partial charge on any atom is 0.238 e. The third-order valence-corrected chi connectivity index (χ3v) is 9.73. The van der Waals surface area contributed by atoms with Crippen LogP contribution >= 0.6 is 0 Å². The zero-order valence-electron chi connectivity index (χ0n) is 31.6. The van der Waals surface area contributed by atoms with Crippen molar-refractivity contribution < 1.29 is 37.5 Å². The molecule has 0 radical (unpaired) electrons. The summed E-state index contributed by atoms with van der Waals surface area (Å²) in [6.07, 6.45) is -3.57. The van der Waals surface area contributed by atoms with Crippen LogP contribution in [0.3, 0.4) is 0 Å². The number of aryl methyl sites for hydroxylation is 1. The number of nitrogens with one attached hydrogen (secondary N) is 1. The molecule has 0 amide bonds. The van der Waals surface area contributed by atoms with E-state index in [1.54, 1.807) is 12.1 Å². The molecule has 56 heavy (non-hydrogen) atoms. The van der Waals surface area contributed by atoms with Crippen molar-refractivity contribution >= 4 is 0 Å². The summed E-state index contributed by atoms with van der Waals surface area (Å²) in [5.74, 6) is 0.314. The molecule has 1 fully saturated rings. The number of H-pyrrole nitrogens is 1. The van der Waals surface area contributed by atoms with Gasteiger partial charge in [0, 0.05) is 23.7 Å². The van der Waals surface area contributed by atoms with Crippen LogP contribution in [-0.2, 0) is 56.5 Å². The minimum atomic E-state index is -1.02. The molecule has 7 rings (SSSR count). The van der Waals surface area contributed by atoms with Crippen molar-refractivity contribution in [2.75, 3.05) is 13.7 Å². The molecule has 0 spiro atoms. The standard InChI is InChI=1S/C46H47FN2O7/c1-32-39(25-37-23-24-38(50-2)26-40(37)47)45(49-48-32)56-46-44(54-30-36-21-13-6-14-22-36)43(53-29-35-19-11-5-12-20-35)42(52-28-34-17-9-4-10-18-34)41(55-46)31-51-27-33-15-7-3-8-16-33/h3-24,26,41-44,46H,25,27-31H2,1-2H3,(H,48,49)/t41-,42-,43+,44-,46+/m1/s1. The van der Waals surface area contributed by atoms with E-state index in [9.17, 15) is 0 Å². The van der Waals surface area contributed by atoms with Crippen molar-refractivity contribution in [1.82, 2.24) is 10.2 Å². The van der Waals surface area contributed by atoms with Gasteiger partial charge in [-0.1, -0.05) is 127 Å². The SMILES string of the molecule is COc1ccc(Cc2c(O[C@@H]3O[C@H](COCc4ccccc4)[C@@H](OCc4ccccc4)[C@H](OCc4ccccc4)[C@H]3OCc3ccccc3)n[nH]c2C)c(F)c1. The zero-order valence-corrected chi connectivity index (χ0v) is 31.6. The molecule has 9 nitrogen and oxygen atoms in total. The lowest BCUT2D eigenvalue weighted by Gasteiger charge is -2.45. The minimum absolute atomic E-state index is 0.175. The van der Waals surface area contributed by atoms with Gasteiger partial charge in [-0.05, 0) is 40.8 Å². The summed E-state index contributed by atoms with van der Waals surface area (Å²) in [6, 6.07) is 44.6. The van der Waals surface area contributed by atoms with Gasteiger partial charge in [0.05, 0.1) is 40.1 Å². The van der Waals surface area contributed by atoms with Gasteiger partial charge in [-0.3, -0.25) is 5.10 Å². The predicted molar refractivity (Wildman–Crippen MR) is 210 cm³/mol. The summed E-state index contributed by atoms with van der Waals surface area (Å²) in [6.45, 7) is 3.27. The van der Waals surface area contributed by atoms with Crippen LogP contribution in [0.2, 0.25) is 0 Å². The number of hydrogen-bond acceptors (Lipinski definition) is 8. The smallest absolute Gasteiger partial charge is 0.238 e. The lowest BCUT2D eigenvalue weighted by atomic mass is 9.97. The predicted octanol–water partition coefficient (Wildman–Crippen LogP) is 8.53. The fourth-order valence-corrected chi connectivity index (χ4v) is 6.68. The van der Waals surface area contributed by atoms with Gasteiger partial charge >= 0.3 is 0 Å². The molecule has 0 unspecified atom stereocenters. The first-order chi connectivity index (χ1) is 27.5. The highest BCUT2D eigenvalue weighted by Gasteiger charge is 2.50. The Morgan fingerprint density at radius 3 is 1.70 bits per heavy atom. The first-order valence-electron chi connectivity index (χ1n) is 18.8. The lowest BCUT2D eigenvalue weighted by Crippen LogP contribution is -2.62. The van der Waals surface area contributed by atoms with Gasteiger partial charge in [0.15, 0.2) is 0 Å².